The van der Waals surface area contributed by atoms with Crippen molar-refractivity contribution in [2.75, 3.05) is 33.9 Å². The van der Waals surface area contributed by atoms with E-state index in [9.17, 15) is 26.4 Å². The molecule has 0 saturated heterocycles. The molecular formula is C23H26F3N3O6S. The van der Waals surface area contributed by atoms with Crippen molar-refractivity contribution in [1.29, 1.82) is 0 Å². The van der Waals surface area contributed by atoms with Gasteiger partial charge in [0.1, 0.15) is 31.0 Å². The molecule has 3 rings (SSSR count). The lowest BCUT2D eigenvalue weighted by Crippen LogP contribution is -2.42. The Labute approximate surface area is 206 Å². The third kappa shape index (κ3) is 6.74. The lowest BCUT2D eigenvalue weighted by molar-refractivity contribution is -0.138. The van der Waals surface area contributed by atoms with Gasteiger partial charge in [-0.15, -0.1) is 0 Å². The number of hydrogen-bond acceptors (Lipinski definition) is 6. The first-order chi connectivity index (χ1) is 16.7. The van der Waals surface area contributed by atoms with Crippen LogP contribution in [-0.4, -0.2) is 73.4 Å². The Kier molecular flexibility index (Phi) is 7.96. The molecule has 0 amide bonds. The first-order valence-corrected chi connectivity index (χ1v) is 12.1. The minimum atomic E-state index is -4.44. The number of benzene rings is 2. The molecule has 1 aliphatic rings. The molecule has 1 aliphatic heterocycles. The third-order valence-electron chi connectivity index (χ3n) is 5.26. The summed E-state index contributed by atoms with van der Waals surface area (Å²) in [6, 6.07) is 11.1. The normalized spacial score (nSPS) is 18.3. The van der Waals surface area contributed by atoms with Gasteiger partial charge in [-0.1, -0.05) is 12.1 Å². The van der Waals surface area contributed by atoms with Crippen LogP contribution in [0.5, 0.6) is 5.75 Å². The fourth-order valence-electron chi connectivity index (χ4n) is 3.33. The number of nitrogens with zero attached hydrogens (tertiary/aromatic N) is 3. The van der Waals surface area contributed by atoms with Crippen LogP contribution in [0.2, 0.25) is 0 Å². The Morgan fingerprint density at radius 2 is 1.86 bits per heavy atom. The van der Waals surface area contributed by atoms with Gasteiger partial charge in [0.25, 0.3) is 10.2 Å². The van der Waals surface area contributed by atoms with E-state index in [1.165, 1.54) is 26.2 Å². The number of carboxylic acid groups (broad SMARTS) is 1. The molecule has 1 N–H and O–H groups in total. The van der Waals surface area contributed by atoms with Crippen LogP contribution < -0.4 is 4.74 Å². The van der Waals surface area contributed by atoms with Crippen LogP contribution in [0.25, 0.3) is 0 Å². The van der Waals surface area contributed by atoms with E-state index in [4.69, 9.17) is 14.6 Å². The second-order valence-electron chi connectivity index (χ2n) is 8.67. The highest BCUT2D eigenvalue weighted by molar-refractivity contribution is 7.86. The van der Waals surface area contributed by atoms with Gasteiger partial charge in [0.05, 0.1) is 5.56 Å². The molecule has 0 spiro atoms. The van der Waals surface area contributed by atoms with E-state index in [1.54, 1.807) is 31.2 Å². The molecule has 196 valence electrons. The van der Waals surface area contributed by atoms with Gasteiger partial charge in [-0.05, 0) is 48.9 Å². The molecule has 2 aromatic rings. The Hall–Kier alpha value is -3.16. The van der Waals surface area contributed by atoms with Crippen LogP contribution in [0.3, 0.4) is 0 Å². The van der Waals surface area contributed by atoms with Gasteiger partial charge in [0, 0.05) is 26.2 Å². The zero-order valence-electron chi connectivity index (χ0n) is 19.8. The van der Waals surface area contributed by atoms with Crippen LogP contribution in [0.4, 0.5) is 13.2 Å². The Balaban J connectivity index is 1.69. The molecule has 0 aromatic heterocycles. The van der Waals surface area contributed by atoms with Crippen molar-refractivity contribution in [3.05, 3.63) is 65.2 Å². The minimum absolute atomic E-state index is 0.0788. The van der Waals surface area contributed by atoms with Gasteiger partial charge in [-0.3, -0.25) is 4.79 Å². The van der Waals surface area contributed by atoms with Crippen LogP contribution in [0, 0.1) is 0 Å². The van der Waals surface area contributed by atoms with Crippen molar-refractivity contribution in [2.24, 2.45) is 4.99 Å². The monoisotopic (exact) mass is 529 g/mol. The molecule has 0 radical (unpaired) electrons. The molecule has 1 heterocycles. The Bertz CT molecular complexity index is 1230. The largest absolute Gasteiger partial charge is 0.491 e. The van der Waals surface area contributed by atoms with Crippen molar-refractivity contribution in [1.82, 2.24) is 8.61 Å². The molecule has 36 heavy (non-hydrogen) atoms. The van der Waals surface area contributed by atoms with E-state index < -0.39 is 40.0 Å². The molecule has 9 nitrogen and oxygen atoms in total. The maximum absolute atomic E-state index is 12.8. The second-order valence-corrected chi connectivity index (χ2v) is 10.8. The minimum Gasteiger partial charge on any atom is -0.491 e. The number of carboxylic acids is 1. The van der Waals surface area contributed by atoms with Crippen LogP contribution in [0.1, 0.15) is 23.6 Å². The smallest absolute Gasteiger partial charge is 0.416 e. The van der Waals surface area contributed by atoms with Gasteiger partial charge in [0.2, 0.25) is 5.90 Å². The summed E-state index contributed by atoms with van der Waals surface area (Å²) in [7, 11) is -1.35. The van der Waals surface area contributed by atoms with Gasteiger partial charge < -0.3 is 14.6 Å². The van der Waals surface area contributed by atoms with Crippen LogP contribution in [-0.2, 0) is 32.5 Å². The number of aliphatic carboxylic acids is 1. The standard InChI is InChI=1S/C23H26F3N3O6S/c1-22(15-35-21(27-22)17-7-9-18(10-8-17)23(24,25)26)14-34-19-6-4-5-16(11-19)12-29(13-20(30)31)36(32,33)28(2)3/h4-11H,12-15H2,1-3H3,(H,30,31). The number of halogens is 3. The molecule has 1 atom stereocenters. The summed E-state index contributed by atoms with van der Waals surface area (Å²) in [4.78, 5) is 15.7. The van der Waals surface area contributed by atoms with Crippen molar-refractivity contribution >= 4 is 22.1 Å². The number of hydrogen-bond donors (Lipinski definition) is 1. The van der Waals surface area contributed by atoms with Crippen molar-refractivity contribution < 1.29 is 41.0 Å². The van der Waals surface area contributed by atoms with Gasteiger partial charge >= 0.3 is 12.1 Å². The second kappa shape index (κ2) is 10.4. The van der Waals surface area contributed by atoms with Crippen LogP contribution >= 0.6 is 0 Å². The van der Waals surface area contributed by atoms with E-state index in [0.29, 0.717) is 16.9 Å². The van der Waals surface area contributed by atoms with E-state index in [-0.39, 0.29) is 25.7 Å². The first-order valence-electron chi connectivity index (χ1n) is 10.7. The zero-order chi connectivity index (χ0) is 26.7. The summed E-state index contributed by atoms with van der Waals surface area (Å²) >= 11 is 0. The quantitative estimate of drug-likeness (QED) is 0.507. The average molecular weight is 530 g/mol. The van der Waals surface area contributed by atoms with E-state index in [1.807, 2.05) is 0 Å². The molecule has 0 fully saturated rings. The highest BCUT2D eigenvalue weighted by atomic mass is 32.2. The van der Waals surface area contributed by atoms with E-state index in [2.05, 4.69) is 4.99 Å². The summed E-state index contributed by atoms with van der Waals surface area (Å²) in [5, 5.41) is 9.12. The zero-order valence-corrected chi connectivity index (χ0v) is 20.6. The predicted octanol–water partition coefficient (Wildman–Crippen LogP) is 3.01. The topological polar surface area (TPSA) is 109 Å². The highest BCUT2D eigenvalue weighted by Gasteiger charge is 2.34. The average Bonchev–Trinajstić information content (AvgIpc) is 3.19. The third-order valence-corrected chi connectivity index (χ3v) is 7.09. The fourth-order valence-corrected chi connectivity index (χ4v) is 4.38. The molecule has 1 unspecified atom stereocenters. The first kappa shape index (κ1) is 27.4. The maximum Gasteiger partial charge on any atom is 0.416 e. The van der Waals surface area contributed by atoms with Gasteiger partial charge in [-0.25, -0.2) is 4.99 Å². The molecular weight excluding hydrogens is 503 g/mol. The lowest BCUT2D eigenvalue weighted by Gasteiger charge is -2.24. The lowest BCUT2D eigenvalue weighted by atomic mass is 10.1. The van der Waals surface area contributed by atoms with Crippen molar-refractivity contribution in [2.45, 2.75) is 25.2 Å². The summed E-state index contributed by atoms with van der Waals surface area (Å²) < 4.78 is 76.6. The SMILES string of the molecule is CN(C)S(=O)(=O)N(CC(=O)O)Cc1cccc(OCC2(C)COC(c3ccc(C(F)(F)F)cc3)=N2)c1. The Morgan fingerprint density at radius 3 is 2.44 bits per heavy atom. The summed E-state index contributed by atoms with van der Waals surface area (Å²) in [5.74, 6) is -0.671. The van der Waals surface area contributed by atoms with Crippen molar-refractivity contribution in [3.8, 4) is 5.75 Å². The highest BCUT2D eigenvalue weighted by Crippen LogP contribution is 2.30. The number of rotatable bonds is 10. The van der Waals surface area contributed by atoms with Crippen LogP contribution in [0.15, 0.2) is 53.5 Å². The fraction of sp³-hybridized carbons (Fsp3) is 0.391. The summed E-state index contributed by atoms with van der Waals surface area (Å²) in [6.45, 7) is 1.11. The van der Waals surface area contributed by atoms with E-state index >= 15 is 0 Å². The maximum atomic E-state index is 12.8. The number of carbonyl (C=O) groups is 1. The van der Waals surface area contributed by atoms with Crippen molar-refractivity contribution in [3.63, 3.8) is 0 Å². The summed E-state index contributed by atoms with van der Waals surface area (Å²) in [6.07, 6.45) is -4.44. The molecule has 0 aliphatic carbocycles. The Morgan fingerprint density at radius 1 is 1.19 bits per heavy atom. The molecule has 2 aromatic carbocycles. The molecule has 0 bridgehead atoms. The molecule has 13 heteroatoms. The number of alkyl halides is 3. The van der Waals surface area contributed by atoms with E-state index in [0.717, 1.165) is 20.7 Å². The summed E-state index contributed by atoms with van der Waals surface area (Å²) in [5.41, 5.74) is -0.649. The van der Waals surface area contributed by atoms with Gasteiger partial charge in [-0.2, -0.15) is 30.2 Å². The van der Waals surface area contributed by atoms with Gasteiger partial charge in [0.15, 0.2) is 0 Å². The predicted molar refractivity (Wildman–Crippen MR) is 125 cm³/mol. The molecule has 0 saturated carbocycles. The number of aliphatic imine (C=N–C) groups is 1. The number of ether oxygens (including phenoxy) is 2.